The molecule has 1 fully saturated rings. The number of thiazole rings is 1. The third kappa shape index (κ3) is 5.09. The van der Waals surface area contributed by atoms with Crippen LogP contribution in [0.25, 0.3) is 11.4 Å². The van der Waals surface area contributed by atoms with Crippen molar-refractivity contribution in [2.24, 2.45) is 0 Å². The lowest BCUT2D eigenvalue weighted by Gasteiger charge is -2.34. The smallest absolute Gasteiger partial charge is 0.257 e. The van der Waals surface area contributed by atoms with Crippen molar-refractivity contribution in [3.63, 3.8) is 0 Å². The lowest BCUT2D eigenvalue weighted by atomic mass is 9.93. The standard InChI is InChI=1S/C23H24Cl2N4OS/c1-14(2)29-11-8-15(9-12-29)21-20(19-5-3-4-10-26-19)27-23(31-21)28-22(30)16-6-7-17(24)18(25)13-16/h3-7,10,13-15H,8-9,11-12H2,1-2H3,(H,27,28,30). The Bertz CT molecular complexity index is 1060. The number of carbonyl (C=O) groups is 1. The average molecular weight is 475 g/mol. The van der Waals surface area contributed by atoms with Gasteiger partial charge in [-0.25, -0.2) is 4.98 Å². The van der Waals surface area contributed by atoms with E-state index in [1.165, 1.54) is 4.88 Å². The van der Waals surface area contributed by atoms with Crippen LogP contribution in [0.5, 0.6) is 0 Å². The van der Waals surface area contributed by atoms with Crippen LogP contribution < -0.4 is 5.32 Å². The van der Waals surface area contributed by atoms with Crippen molar-refractivity contribution in [2.75, 3.05) is 18.4 Å². The molecule has 31 heavy (non-hydrogen) atoms. The number of likely N-dealkylation sites (tertiary alicyclic amines) is 1. The molecule has 1 N–H and O–H groups in total. The van der Waals surface area contributed by atoms with Crippen LogP contribution in [-0.2, 0) is 0 Å². The number of hydrogen-bond donors (Lipinski definition) is 1. The molecule has 4 rings (SSSR count). The number of nitrogens with one attached hydrogen (secondary N) is 1. The van der Waals surface area contributed by atoms with E-state index in [4.69, 9.17) is 28.2 Å². The van der Waals surface area contributed by atoms with Crippen molar-refractivity contribution in [3.05, 3.63) is 63.1 Å². The van der Waals surface area contributed by atoms with Crippen molar-refractivity contribution >= 4 is 45.6 Å². The number of nitrogens with zero attached hydrogens (tertiary/aromatic N) is 3. The summed E-state index contributed by atoms with van der Waals surface area (Å²) in [6.45, 7) is 6.60. The SMILES string of the molecule is CC(C)N1CCC(c2sc(NC(=O)c3ccc(Cl)c(Cl)c3)nc2-c2ccccn2)CC1. The summed E-state index contributed by atoms with van der Waals surface area (Å²) in [5.74, 6) is 0.140. The van der Waals surface area contributed by atoms with Gasteiger partial charge in [0.2, 0.25) is 0 Å². The number of amides is 1. The molecule has 1 aromatic carbocycles. The summed E-state index contributed by atoms with van der Waals surface area (Å²) in [7, 11) is 0. The van der Waals surface area contributed by atoms with Gasteiger partial charge in [-0.15, -0.1) is 11.3 Å². The molecule has 2 aromatic heterocycles. The van der Waals surface area contributed by atoms with Crippen LogP contribution in [0.3, 0.4) is 0 Å². The Kier molecular flexibility index (Phi) is 6.92. The second-order valence-electron chi connectivity index (χ2n) is 7.93. The van der Waals surface area contributed by atoms with Crippen molar-refractivity contribution in [2.45, 2.75) is 38.6 Å². The highest BCUT2D eigenvalue weighted by Crippen LogP contribution is 2.40. The topological polar surface area (TPSA) is 58.1 Å². The minimum absolute atomic E-state index is 0.263. The highest BCUT2D eigenvalue weighted by atomic mass is 35.5. The molecule has 0 spiro atoms. The fraction of sp³-hybridized carbons (Fsp3) is 0.348. The number of hydrogen-bond acceptors (Lipinski definition) is 5. The zero-order valence-electron chi connectivity index (χ0n) is 17.4. The van der Waals surface area contributed by atoms with Gasteiger partial charge in [-0.2, -0.15) is 0 Å². The van der Waals surface area contributed by atoms with E-state index in [1.807, 2.05) is 18.2 Å². The van der Waals surface area contributed by atoms with Crippen molar-refractivity contribution in [1.29, 1.82) is 0 Å². The number of benzene rings is 1. The molecule has 1 aliphatic rings. The number of pyridine rings is 1. The Hall–Kier alpha value is -1.99. The fourth-order valence-electron chi connectivity index (χ4n) is 3.83. The molecule has 3 aromatic rings. The lowest BCUT2D eigenvalue weighted by Crippen LogP contribution is -2.37. The Morgan fingerprint density at radius 3 is 2.58 bits per heavy atom. The molecule has 0 bridgehead atoms. The third-order valence-corrected chi connectivity index (χ3v) is 7.47. The van der Waals surface area contributed by atoms with Gasteiger partial charge in [-0.3, -0.25) is 15.1 Å². The Labute approximate surface area is 196 Å². The summed E-state index contributed by atoms with van der Waals surface area (Å²) in [4.78, 5) is 25.7. The third-order valence-electron chi connectivity index (χ3n) is 5.59. The molecule has 0 atom stereocenters. The summed E-state index contributed by atoms with van der Waals surface area (Å²) in [6.07, 6.45) is 3.91. The minimum atomic E-state index is -0.263. The highest BCUT2D eigenvalue weighted by molar-refractivity contribution is 7.16. The van der Waals surface area contributed by atoms with Crippen LogP contribution in [0.15, 0.2) is 42.6 Å². The Balaban J connectivity index is 1.61. The molecule has 1 aliphatic heterocycles. The first-order valence-electron chi connectivity index (χ1n) is 10.3. The summed E-state index contributed by atoms with van der Waals surface area (Å²) in [5.41, 5.74) is 2.13. The minimum Gasteiger partial charge on any atom is -0.301 e. The van der Waals surface area contributed by atoms with Crippen molar-refractivity contribution in [1.82, 2.24) is 14.9 Å². The monoisotopic (exact) mass is 474 g/mol. The maximum atomic E-state index is 12.8. The molecular formula is C23H24Cl2N4OS. The molecule has 162 valence electrons. The number of aromatic nitrogens is 2. The highest BCUT2D eigenvalue weighted by Gasteiger charge is 2.28. The van der Waals surface area contributed by atoms with Crippen LogP contribution in [0.4, 0.5) is 5.13 Å². The van der Waals surface area contributed by atoms with Gasteiger partial charge in [0.1, 0.15) is 5.69 Å². The first kappa shape index (κ1) is 22.2. The van der Waals surface area contributed by atoms with Crippen LogP contribution in [0, 0.1) is 0 Å². The lowest BCUT2D eigenvalue weighted by molar-refractivity contribution is 0.102. The first-order chi connectivity index (χ1) is 14.9. The first-order valence-corrected chi connectivity index (χ1v) is 11.9. The zero-order chi connectivity index (χ0) is 22.0. The second kappa shape index (κ2) is 9.65. The maximum Gasteiger partial charge on any atom is 0.257 e. The van der Waals surface area contributed by atoms with Gasteiger partial charge in [0.05, 0.1) is 15.7 Å². The summed E-state index contributed by atoms with van der Waals surface area (Å²) >= 11 is 13.6. The molecule has 0 unspecified atom stereocenters. The molecule has 1 amide bonds. The largest absolute Gasteiger partial charge is 0.301 e. The molecular weight excluding hydrogens is 451 g/mol. The maximum absolute atomic E-state index is 12.8. The number of piperidine rings is 1. The average Bonchev–Trinajstić information content (AvgIpc) is 3.20. The van der Waals surface area contributed by atoms with E-state index >= 15 is 0 Å². The molecule has 1 saturated heterocycles. The van der Waals surface area contributed by atoms with Gasteiger partial charge in [-0.05, 0) is 76.0 Å². The van der Waals surface area contributed by atoms with Crippen LogP contribution in [-0.4, -0.2) is 39.9 Å². The van der Waals surface area contributed by atoms with Gasteiger partial charge < -0.3 is 4.90 Å². The van der Waals surface area contributed by atoms with Gasteiger partial charge in [0.25, 0.3) is 5.91 Å². The number of halogens is 2. The fourth-order valence-corrected chi connectivity index (χ4v) is 5.27. The van der Waals surface area contributed by atoms with E-state index in [-0.39, 0.29) is 5.91 Å². The van der Waals surface area contributed by atoms with Gasteiger partial charge in [-0.1, -0.05) is 29.3 Å². The summed E-state index contributed by atoms with van der Waals surface area (Å²) in [5, 5.41) is 4.26. The predicted molar refractivity (Wildman–Crippen MR) is 128 cm³/mol. The van der Waals surface area contributed by atoms with Gasteiger partial charge in [0.15, 0.2) is 5.13 Å². The van der Waals surface area contributed by atoms with Crippen molar-refractivity contribution < 1.29 is 4.79 Å². The molecule has 8 heteroatoms. The van der Waals surface area contributed by atoms with E-state index < -0.39 is 0 Å². The predicted octanol–water partition coefficient (Wildman–Crippen LogP) is 6.35. The Morgan fingerprint density at radius 2 is 1.94 bits per heavy atom. The number of rotatable bonds is 5. The normalized spacial score (nSPS) is 15.4. The van der Waals surface area contributed by atoms with E-state index in [0.717, 1.165) is 37.3 Å². The van der Waals surface area contributed by atoms with Gasteiger partial charge in [0, 0.05) is 22.7 Å². The van der Waals surface area contributed by atoms with Crippen LogP contribution in [0.2, 0.25) is 10.0 Å². The van der Waals surface area contributed by atoms with Gasteiger partial charge >= 0.3 is 0 Å². The zero-order valence-corrected chi connectivity index (χ0v) is 19.8. The van der Waals surface area contributed by atoms with E-state index in [2.05, 4.69) is 29.0 Å². The molecule has 5 nitrogen and oxygen atoms in total. The molecule has 3 heterocycles. The number of anilines is 1. The Morgan fingerprint density at radius 1 is 1.16 bits per heavy atom. The van der Waals surface area contributed by atoms with E-state index in [9.17, 15) is 4.79 Å². The quantitative estimate of drug-likeness (QED) is 0.467. The number of carbonyl (C=O) groups excluding carboxylic acids is 1. The second-order valence-corrected chi connectivity index (χ2v) is 9.78. The molecule has 0 saturated carbocycles. The van der Waals surface area contributed by atoms with E-state index in [0.29, 0.717) is 32.7 Å². The summed E-state index contributed by atoms with van der Waals surface area (Å²) in [6, 6.07) is 11.2. The molecule has 0 radical (unpaired) electrons. The molecule has 0 aliphatic carbocycles. The summed E-state index contributed by atoms with van der Waals surface area (Å²) < 4.78 is 0. The van der Waals surface area contributed by atoms with E-state index in [1.54, 1.807) is 35.7 Å². The van der Waals surface area contributed by atoms with Crippen molar-refractivity contribution in [3.8, 4) is 11.4 Å². The van der Waals surface area contributed by atoms with Crippen LogP contribution >= 0.6 is 34.5 Å². The van der Waals surface area contributed by atoms with Crippen LogP contribution in [0.1, 0.15) is 47.8 Å².